The molecule has 5 heteroatoms. The molecule has 5 nitrogen and oxygen atoms in total. The Morgan fingerprint density at radius 2 is 2.05 bits per heavy atom. The lowest BCUT2D eigenvalue weighted by Gasteiger charge is -2.29. The number of ketones is 1. The lowest BCUT2D eigenvalue weighted by Crippen LogP contribution is -2.42. The fourth-order valence-electron chi connectivity index (χ4n) is 2.75. The first-order valence-electron chi connectivity index (χ1n) is 7.80. The second-order valence-corrected chi connectivity index (χ2v) is 6.79. The Bertz CT molecular complexity index is 522. The van der Waals surface area contributed by atoms with Crippen LogP contribution in [0, 0.1) is 5.92 Å². The van der Waals surface area contributed by atoms with Crippen LogP contribution in [-0.4, -0.2) is 28.5 Å². The summed E-state index contributed by atoms with van der Waals surface area (Å²) in [7, 11) is 0. The lowest BCUT2D eigenvalue weighted by atomic mass is 9.82. The molecule has 1 amide bonds. The number of carbonyl (C=O) groups excluding carboxylic acids is 2. The highest BCUT2D eigenvalue weighted by Gasteiger charge is 2.30. The number of alkyl carbamates (subject to hydrolysis) is 1. The summed E-state index contributed by atoms with van der Waals surface area (Å²) in [6.07, 6.45) is 4.52. The summed E-state index contributed by atoms with van der Waals surface area (Å²) in [4.78, 5) is 28.4. The maximum absolute atomic E-state index is 12.5. The Morgan fingerprint density at radius 1 is 1.27 bits per heavy atom. The average molecular weight is 304 g/mol. The first-order chi connectivity index (χ1) is 10.3. The van der Waals surface area contributed by atoms with Crippen LogP contribution in [0.3, 0.4) is 0 Å². The summed E-state index contributed by atoms with van der Waals surface area (Å²) in [5, 5.41) is 2.88. The Balaban J connectivity index is 1.92. The van der Waals surface area contributed by atoms with Crippen molar-refractivity contribution in [2.24, 2.45) is 5.92 Å². The van der Waals surface area contributed by atoms with Gasteiger partial charge in [-0.2, -0.15) is 0 Å². The molecule has 120 valence electrons. The van der Waals surface area contributed by atoms with Crippen molar-refractivity contribution in [1.82, 2.24) is 10.3 Å². The van der Waals surface area contributed by atoms with Crippen molar-refractivity contribution in [3.05, 3.63) is 30.1 Å². The Hall–Kier alpha value is -1.91. The Kier molecular flexibility index (Phi) is 5.16. The molecule has 1 aromatic rings. The second kappa shape index (κ2) is 6.90. The van der Waals surface area contributed by atoms with Crippen molar-refractivity contribution >= 4 is 11.9 Å². The van der Waals surface area contributed by atoms with Gasteiger partial charge in [-0.15, -0.1) is 0 Å². The van der Waals surface area contributed by atoms with Crippen molar-refractivity contribution in [1.29, 1.82) is 0 Å². The number of pyridine rings is 1. The number of aromatic nitrogens is 1. The smallest absolute Gasteiger partial charge is 0.407 e. The van der Waals surface area contributed by atoms with Crippen LogP contribution in [0.15, 0.2) is 24.4 Å². The van der Waals surface area contributed by atoms with Gasteiger partial charge < -0.3 is 10.1 Å². The quantitative estimate of drug-likeness (QED) is 0.870. The maximum Gasteiger partial charge on any atom is 0.407 e. The molecule has 1 saturated carbocycles. The molecule has 1 N–H and O–H groups in total. The highest BCUT2D eigenvalue weighted by molar-refractivity contribution is 5.96. The molecule has 0 bridgehead atoms. The molecule has 2 unspecified atom stereocenters. The van der Waals surface area contributed by atoms with Crippen molar-refractivity contribution in [3.63, 3.8) is 0 Å². The number of hydrogen-bond acceptors (Lipinski definition) is 4. The largest absolute Gasteiger partial charge is 0.444 e. The van der Waals surface area contributed by atoms with Crippen LogP contribution in [0.2, 0.25) is 0 Å². The molecule has 1 aliphatic rings. The monoisotopic (exact) mass is 304 g/mol. The van der Waals surface area contributed by atoms with E-state index in [9.17, 15) is 9.59 Å². The third-order valence-electron chi connectivity index (χ3n) is 3.68. The van der Waals surface area contributed by atoms with E-state index >= 15 is 0 Å². The van der Waals surface area contributed by atoms with E-state index in [0.717, 1.165) is 19.3 Å². The Morgan fingerprint density at radius 3 is 2.68 bits per heavy atom. The molecule has 1 fully saturated rings. The molecule has 1 aliphatic carbocycles. The molecule has 0 aliphatic heterocycles. The van der Waals surface area contributed by atoms with Crippen LogP contribution in [0.1, 0.15) is 56.9 Å². The van der Waals surface area contributed by atoms with Crippen LogP contribution < -0.4 is 5.32 Å². The summed E-state index contributed by atoms with van der Waals surface area (Å²) in [6, 6.07) is 5.35. The van der Waals surface area contributed by atoms with Gasteiger partial charge in [0.2, 0.25) is 0 Å². The number of rotatable bonds is 3. The van der Waals surface area contributed by atoms with Gasteiger partial charge in [0.1, 0.15) is 11.3 Å². The van der Waals surface area contributed by atoms with Gasteiger partial charge in [0.15, 0.2) is 5.78 Å². The zero-order valence-corrected chi connectivity index (χ0v) is 13.5. The molecular weight excluding hydrogens is 280 g/mol. The molecule has 2 rings (SSSR count). The average Bonchev–Trinajstić information content (AvgIpc) is 2.45. The highest BCUT2D eigenvalue weighted by atomic mass is 16.6. The molecule has 0 saturated heterocycles. The number of nitrogens with zero attached hydrogens (tertiary/aromatic N) is 1. The van der Waals surface area contributed by atoms with Gasteiger partial charge in [0.05, 0.1) is 0 Å². The minimum atomic E-state index is -0.512. The second-order valence-electron chi connectivity index (χ2n) is 6.79. The van der Waals surface area contributed by atoms with Gasteiger partial charge in [0, 0.05) is 18.2 Å². The normalized spacial score (nSPS) is 22.0. The predicted octanol–water partition coefficient (Wildman–Crippen LogP) is 3.35. The summed E-state index contributed by atoms with van der Waals surface area (Å²) in [5.74, 6) is -0.0140. The molecule has 1 aromatic heterocycles. The SMILES string of the molecule is CC(C)(C)OC(=O)NC1CCCC(C(=O)c2ccccn2)C1. The van der Waals surface area contributed by atoms with Gasteiger partial charge in [-0.25, -0.2) is 4.79 Å². The van der Waals surface area contributed by atoms with Crippen LogP contribution in [-0.2, 0) is 4.74 Å². The standard InChI is InChI=1S/C17H24N2O3/c1-17(2,3)22-16(21)19-13-8-6-7-12(11-13)15(20)14-9-4-5-10-18-14/h4-5,9-10,12-13H,6-8,11H2,1-3H3,(H,19,21). The van der Waals surface area contributed by atoms with Gasteiger partial charge in [-0.3, -0.25) is 9.78 Å². The van der Waals surface area contributed by atoms with Gasteiger partial charge in [-0.05, 0) is 52.2 Å². The van der Waals surface area contributed by atoms with Crippen molar-refractivity contribution < 1.29 is 14.3 Å². The summed E-state index contributed by atoms with van der Waals surface area (Å²) in [5.41, 5.74) is -0.00696. The number of carbonyl (C=O) groups is 2. The van der Waals surface area contributed by atoms with Crippen LogP contribution in [0.5, 0.6) is 0 Å². The minimum Gasteiger partial charge on any atom is -0.444 e. The fourth-order valence-corrected chi connectivity index (χ4v) is 2.75. The van der Waals surface area contributed by atoms with E-state index in [4.69, 9.17) is 4.74 Å². The number of nitrogens with one attached hydrogen (secondary N) is 1. The Labute approximate surface area is 131 Å². The summed E-state index contributed by atoms with van der Waals surface area (Å²) < 4.78 is 5.27. The minimum absolute atomic E-state index is 0.0127. The zero-order valence-electron chi connectivity index (χ0n) is 13.5. The predicted molar refractivity (Wildman–Crippen MR) is 83.7 cm³/mol. The maximum atomic E-state index is 12.5. The number of amides is 1. The van der Waals surface area contributed by atoms with E-state index in [1.165, 1.54) is 0 Å². The molecule has 0 spiro atoms. The van der Waals surface area contributed by atoms with Crippen LogP contribution >= 0.6 is 0 Å². The zero-order chi connectivity index (χ0) is 16.2. The molecule has 1 heterocycles. The molecule has 22 heavy (non-hydrogen) atoms. The van der Waals surface area contributed by atoms with Crippen molar-refractivity contribution in [2.45, 2.75) is 58.1 Å². The molecular formula is C17H24N2O3. The molecule has 0 aromatic carbocycles. The number of ether oxygens (including phenoxy) is 1. The van der Waals surface area contributed by atoms with E-state index in [1.54, 1.807) is 18.3 Å². The lowest BCUT2D eigenvalue weighted by molar-refractivity contribution is 0.0478. The molecule has 2 atom stereocenters. The summed E-state index contributed by atoms with van der Waals surface area (Å²) in [6.45, 7) is 5.50. The van der Waals surface area contributed by atoms with Crippen LogP contribution in [0.4, 0.5) is 4.79 Å². The first kappa shape index (κ1) is 16.5. The van der Waals surface area contributed by atoms with Gasteiger partial charge >= 0.3 is 6.09 Å². The van der Waals surface area contributed by atoms with Gasteiger partial charge in [-0.1, -0.05) is 12.5 Å². The third kappa shape index (κ3) is 4.83. The third-order valence-corrected chi connectivity index (χ3v) is 3.68. The highest BCUT2D eigenvalue weighted by Crippen LogP contribution is 2.27. The van der Waals surface area contributed by atoms with Gasteiger partial charge in [0.25, 0.3) is 0 Å². The van der Waals surface area contributed by atoms with Crippen LogP contribution in [0.25, 0.3) is 0 Å². The van der Waals surface area contributed by atoms with E-state index in [1.807, 2.05) is 26.8 Å². The first-order valence-corrected chi connectivity index (χ1v) is 7.80. The van der Waals surface area contributed by atoms with Crippen molar-refractivity contribution in [2.75, 3.05) is 0 Å². The topological polar surface area (TPSA) is 68.3 Å². The van der Waals surface area contributed by atoms with Crippen molar-refractivity contribution in [3.8, 4) is 0 Å². The van der Waals surface area contributed by atoms with E-state index in [2.05, 4.69) is 10.3 Å². The summed E-state index contributed by atoms with van der Waals surface area (Å²) >= 11 is 0. The number of Topliss-reactive ketones (excluding diaryl/α,β-unsaturated/α-hetero) is 1. The fraction of sp³-hybridized carbons (Fsp3) is 0.588. The molecule has 0 radical (unpaired) electrons. The number of hydrogen-bond donors (Lipinski definition) is 1. The van der Waals surface area contributed by atoms with E-state index < -0.39 is 11.7 Å². The van der Waals surface area contributed by atoms with E-state index in [0.29, 0.717) is 12.1 Å². The van der Waals surface area contributed by atoms with E-state index in [-0.39, 0.29) is 17.7 Å².